The molecule has 0 spiro atoms. The Labute approximate surface area is 149 Å². The van der Waals surface area contributed by atoms with Gasteiger partial charge in [-0.25, -0.2) is 0 Å². The maximum Gasteiger partial charge on any atom is 0.417 e. The van der Waals surface area contributed by atoms with Crippen LogP contribution in [0.4, 0.5) is 24.5 Å². The molecule has 4 nitrogen and oxygen atoms in total. The van der Waals surface area contributed by atoms with Crippen LogP contribution in [0.3, 0.4) is 0 Å². The molecule has 0 saturated carbocycles. The highest BCUT2D eigenvalue weighted by atomic mass is 19.4. The first-order valence-corrected chi connectivity index (χ1v) is 8.21. The molecule has 0 radical (unpaired) electrons. The molecule has 0 aliphatic carbocycles. The number of anilines is 2. The summed E-state index contributed by atoms with van der Waals surface area (Å²) in [4.78, 5) is 4.06. The molecule has 26 heavy (non-hydrogen) atoms. The average Bonchev–Trinajstić information content (AvgIpc) is 2.61. The van der Waals surface area contributed by atoms with Crippen LogP contribution in [0.15, 0.2) is 42.5 Å². The maximum atomic E-state index is 13.2. The molecule has 136 valence electrons. The number of alkyl halides is 3. The van der Waals surface area contributed by atoms with Gasteiger partial charge in [-0.1, -0.05) is 0 Å². The summed E-state index contributed by atoms with van der Waals surface area (Å²) in [5.74, 6) is 0.192. The van der Waals surface area contributed by atoms with Crippen LogP contribution in [0, 0.1) is 11.3 Å². The van der Waals surface area contributed by atoms with Gasteiger partial charge in [-0.3, -0.25) is 0 Å². The van der Waals surface area contributed by atoms with E-state index in [4.69, 9.17) is 5.26 Å². The molecule has 7 heteroatoms. The highest BCUT2D eigenvalue weighted by Gasteiger charge is 2.34. The summed E-state index contributed by atoms with van der Waals surface area (Å²) >= 11 is 0. The first-order chi connectivity index (χ1) is 12.3. The molecule has 1 fully saturated rings. The lowest BCUT2D eigenvalue weighted by Gasteiger charge is -2.42. The minimum absolute atomic E-state index is 0.0817. The third-order valence-corrected chi connectivity index (χ3v) is 4.60. The van der Waals surface area contributed by atoms with Gasteiger partial charge in [-0.15, -0.1) is 0 Å². The molecule has 3 rings (SSSR count). The van der Waals surface area contributed by atoms with Gasteiger partial charge in [-0.2, -0.15) is 18.4 Å². The van der Waals surface area contributed by atoms with Gasteiger partial charge < -0.3 is 14.9 Å². The van der Waals surface area contributed by atoms with Crippen molar-refractivity contribution in [3.63, 3.8) is 0 Å². The van der Waals surface area contributed by atoms with Crippen LogP contribution < -0.4 is 9.80 Å². The summed E-state index contributed by atoms with van der Waals surface area (Å²) in [6.07, 6.45) is -4.56. The van der Waals surface area contributed by atoms with Gasteiger partial charge in [0.1, 0.15) is 5.75 Å². The number of phenolic OH excluding ortho intramolecular Hbond substituents is 1. The van der Waals surface area contributed by atoms with Crippen molar-refractivity contribution < 1.29 is 18.3 Å². The number of piperazine rings is 1. The average molecular weight is 361 g/mol. The Kier molecular flexibility index (Phi) is 4.68. The van der Waals surface area contributed by atoms with E-state index >= 15 is 0 Å². The fourth-order valence-corrected chi connectivity index (χ4v) is 3.28. The number of halogens is 3. The van der Waals surface area contributed by atoms with Gasteiger partial charge in [0.15, 0.2) is 0 Å². The molecule has 0 amide bonds. The first kappa shape index (κ1) is 17.9. The van der Waals surface area contributed by atoms with E-state index in [0.29, 0.717) is 25.3 Å². The maximum absolute atomic E-state index is 13.2. The topological polar surface area (TPSA) is 50.5 Å². The van der Waals surface area contributed by atoms with Gasteiger partial charge in [0.05, 0.1) is 17.2 Å². The molecule has 1 aliphatic rings. The number of rotatable bonds is 2. The van der Waals surface area contributed by atoms with E-state index in [9.17, 15) is 18.3 Å². The standard InChI is InChI=1S/C19H18F3N3O/c1-13-12-24(8-9-25(13)15-4-6-17(26)7-5-15)16-3-2-14(11-23)18(10-16)19(20,21)22/h2-7,10,13,26H,8-9,12H2,1H3. The lowest BCUT2D eigenvalue weighted by Crippen LogP contribution is -2.52. The zero-order valence-corrected chi connectivity index (χ0v) is 14.2. The van der Waals surface area contributed by atoms with Gasteiger partial charge in [0.25, 0.3) is 0 Å². The van der Waals surface area contributed by atoms with Gasteiger partial charge >= 0.3 is 6.18 Å². The quantitative estimate of drug-likeness (QED) is 0.879. The van der Waals surface area contributed by atoms with Crippen molar-refractivity contribution in [2.75, 3.05) is 29.4 Å². The summed E-state index contributed by atoms with van der Waals surface area (Å²) in [6, 6.07) is 12.4. The second kappa shape index (κ2) is 6.79. The summed E-state index contributed by atoms with van der Waals surface area (Å²) in [5, 5.41) is 18.3. The van der Waals surface area contributed by atoms with E-state index < -0.39 is 11.7 Å². The molecule has 1 unspecified atom stereocenters. The highest BCUT2D eigenvalue weighted by molar-refractivity contribution is 5.57. The van der Waals surface area contributed by atoms with Crippen LogP contribution in [0.2, 0.25) is 0 Å². The molecule has 1 N–H and O–H groups in total. The predicted molar refractivity (Wildman–Crippen MR) is 93.3 cm³/mol. The summed E-state index contributed by atoms with van der Waals surface area (Å²) in [7, 11) is 0. The van der Waals surface area contributed by atoms with Crippen LogP contribution in [0.1, 0.15) is 18.1 Å². The highest BCUT2D eigenvalue weighted by Crippen LogP contribution is 2.35. The van der Waals surface area contributed by atoms with Gasteiger partial charge in [0.2, 0.25) is 0 Å². The Morgan fingerprint density at radius 1 is 1.08 bits per heavy atom. The molecule has 0 aromatic heterocycles. The normalized spacial score (nSPS) is 17.9. The number of hydrogen-bond donors (Lipinski definition) is 1. The van der Waals surface area contributed by atoms with E-state index in [0.717, 1.165) is 11.8 Å². The summed E-state index contributed by atoms with van der Waals surface area (Å²) in [6.45, 7) is 3.78. The number of aromatic hydroxyl groups is 1. The van der Waals surface area contributed by atoms with Crippen molar-refractivity contribution in [2.45, 2.75) is 19.1 Å². The van der Waals surface area contributed by atoms with Crippen LogP contribution >= 0.6 is 0 Å². The predicted octanol–water partition coefficient (Wildman–Crippen LogP) is 4.00. The summed E-state index contributed by atoms with van der Waals surface area (Å²) < 4.78 is 39.5. The zero-order chi connectivity index (χ0) is 18.9. The molecule has 1 atom stereocenters. The Morgan fingerprint density at radius 2 is 1.73 bits per heavy atom. The molecule has 2 aromatic carbocycles. The van der Waals surface area contributed by atoms with Gasteiger partial charge in [0, 0.05) is 37.1 Å². The van der Waals surface area contributed by atoms with Crippen molar-refractivity contribution in [1.82, 2.24) is 0 Å². The number of benzene rings is 2. The van der Waals surface area contributed by atoms with Crippen molar-refractivity contribution in [3.8, 4) is 11.8 Å². The van der Waals surface area contributed by atoms with E-state index in [1.165, 1.54) is 6.07 Å². The Balaban J connectivity index is 1.81. The van der Waals surface area contributed by atoms with Crippen molar-refractivity contribution >= 4 is 11.4 Å². The molecule has 1 saturated heterocycles. The minimum Gasteiger partial charge on any atom is -0.508 e. The van der Waals surface area contributed by atoms with Crippen LogP contribution in [-0.4, -0.2) is 30.8 Å². The molecule has 1 heterocycles. The van der Waals surface area contributed by atoms with E-state index in [2.05, 4.69) is 4.90 Å². The lowest BCUT2D eigenvalue weighted by atomic mass is 10.0. The summed E-state index contributed by atoms with van der Waals surface area (Å²) in [5.41, 5.74) is 0.169. The van der Waals surface area contributed by atoms with Gasteiger partial charge in [-0.05, 0) is 49.4 Å². The van der Waals surface area contributed by atoms with Crippen LogP contribution in [0.5, 0.6) is 5.75 Å². The Hall–Kier alpha value is -2.88. The smallest absolute Gasteiger partial charge is 0.417 e. The Bertz CT molecular complexity index is 827. The third kappa shape index (κ3) is 3.54. The van der Waals surface area contributed by atoms with Crippen molar-refractivity contribution in [3.05, 3.63) is 53.6 Å². The van der Waals surface area contributed by atoms with E-state index in [-0.39, 0.29) is 17.4 Å². The first-order valence-electron chi connectivity index (χ1n) is 8.21. The fraction of sp³-hybridized carbons (Fsp3) is 0.316. The number of phenols is 1. The second-order valence-electron chi connectivity index (χ2n) is 6.34. The second-order valence-corrected chi connectivity index (χ2v) is 6.34. The number of nitrogens with zero attached hydrogens (tertiary/aromatic N) is 3. The fourth-order valence-electron chi connectivity index (χ4n) is 3.28. The molecule has 0 bridgehead atoms. The largest absolute Gasteiger partial charge is 0.508 e. The number of nitriles is 1. The molecule has 2 aromatic rings. The molecular weight excluding hydrogens is 343 g/mol. The Morgan fingerprint density at radius 3 is 2.31 bits per heavy atom. The van der Waals surface area contributed by atoms with E-state index in [1.807, 2.05) is 24.0 Å². The van der Waals surface area contributed by atoms with Crippen molar-refractivity contribution in [2.24, 2.45) is 0 Å². The SMILES string of the molecule is CC1CN(c2ccc(C#N)c(C(F)(F)F)c2)CCN1c1ccc(O)cc1. The van der Waals surface area contributed by atoms with Crippen LogP contribution in [-0.2, 0) is 6.18 Å². The molecule has 1 aliphatic heterocycles. The third-order valence-electron chi connectivity index (χ3n) is 4.60. The van der Waals surface area contributed by atoms with Crippen LogP contribution in [0.25, 0.3) is 0 Å². The lowest BCUT2D eigenvalue weighted by molar-refractivity contribution is -0.137. The molecular formula is C19H18F3N3O. The van der Waals surface area contributed by atoms with E-state index in [1.54, 1.807) is 24.3 Å². The van der Waals surface area contributed by atoms with Crippen molar-refractivity contribution in [1.29, 1.82) is 5.26 Å². The minimum atomic E-state index is -4.56. The number of hydrogen-bond acceptors (Lipinski definition) is 4. The monoisotopic (exact) mass is 361 g/mol. The zero-order valence-electron chi connectivity index (χ0n) is 14.2.